The van der Waals surface area contributed by atoms with Crippen LogP contribution >= 0.6 is 0 Å². The molecule has 3 heteroatoms. The molecule has 0 aliphatic carbocycles. The number of hydrazine groups is 1. The minimum atomic E-state index is 0.309. The van der Waals surface area contributed by atoms with E-state index < -0.39 is 0 Å². The Kier molecular flexibility index (Phi) is 3.09. The predicted octanol–water partition coefficient (Wildman–Crippen LogP) is 0.855. The van der Waals surface area contributed by atoms with Crippen molar-refractivity contribution in [2.45, 2.75) is 20.8 Å². The zero-order valence-corrected chi connectivity index (χ0v) is 8.34. The maximum absolute atomic E-state index is 5.75. The van der Waals surface area contributed by atoms with Crippen molar-refractivity contribution in [3.63, 3.8) is 0 Å². The topological polar surface area (TPSA) is 38.5 Å². The van der Waals surface area contributed by atoms with Gasteiger partial charge in [0.2, 0.25) is 0 Å². The Labute approximate surface area is 74.8 Å². The summed E-state index contributed by atoms with van der Waals surface area (Å²) in [6.07, 6.45) is 0. The Balaban J connectivity index is 2.42. The van der Waals surface area contributed by atoms with Crippen LogP contribution in [0.4, 0.5) is 0 Å². The summed E-state index contributed by atoms with van der Waals surface area (Å²) in [5, 5.41) is 1.89. The molecular weight excluding hydrogens is 152 g/mol. The molecule has 0 bridgehead atoms. The average Bonchev–Trinajstić information content (AvgIpc) is 2.20. The van der Waals surface area contributed by atoms with Gasteiger partial charge in [-0.15, -0.1) is 0 Å². The highest BCUT2D eigenvalue weighted by Gasteiger charge is 2.37. The van der Waals surface area contributed by atoms with Crippen molar-refractivity contribution < 1.29 is 4.74 Å². The van der Waals surface area contributed by atoms with E-state index in [2.05, 4.69) is 13.8 Å². The molecule has 0 aromatic heterocycles. The molecule has 1 rings (SSSR count). The van der Waals surface area contributed by atoms with Gasteiger partial charge in [0.15, 0.2) is 0 Å². The quantitative estimate of drug-likeness (QED) is 0.642. The van der Waals surface area contributed by atoms with Crippen molar-refractivity contribution in [3.05, 3.63) is 0 Å². The minimum Gasteiger partial charge on any atom is -0.381 e. The van der Waals surface area contributed by atoms with Gasteiger partial charge in [0.05, 0.1) is 6.61 Å². The molecule has 0 saturated carbocycles. The largest absolute Gasteiger partial charge is 0.381 e. The maximum atomic E-state index is 5.75. The number of hydrogen-bond acceptors (Lipinski definition) is 3. The lowest BCUT2D eigenvalue weighted by Gasteiger charge is -2.24. The van der Waals surface area contributed by atoms with Crippen LogP contribution in [0, 0.1) is 11.3 Å². The molecule has 1 unspecified atom stereocenters. The van der Waals surface area contributed by atoms with E-state index in [-0.39, 0.29) is 0 Å². The highest BCUT2D eigenvalue weighted by Crippen LogP contribution is 2.33. The van der Waals surface area contributed by atoms with Gasteiger partial charge in [0.25, 0.3) is 0 Å². The van der Waals surface area contributed by atoms with E-state index in [0.717, 1.165) is 26.3 Å². The van der Waals surface area contributed by atoms with Crippen LogP contribution < -0.4 is 5.84 Å². The summed E-state index contributed by atoms with van der Waals surface area (Å²) in [5.41, 5.74) is 0.309. The molecule has 1 heterocycles. The molecule has 1 atom stereocenters. The van der Waals surface area contributed by atoms with Crippen LogP contribution in [0.1, 0.15) is 20.8 Å². The summed E-state index contributed by atoms with van der Waals surface area (Å²) in [6.45, 7) is 10.1. The van der Waals surface area contributed by atoms with Gasteiger partial charge in [-0.3, -0.25) is 5.84 Å². The van der Waals surface area contributed by atoms with Gasteiger partial charge >= 0.3 is 0 Å². The molecule has 1 aliphatic rings. The molecule has 1 saturated heterocycles. The summed E-state index contributed by atoms with van der Waals surface area (Å²) in [4.78, 5) is 0. The first kappa shape index (κ1) is 9.96. The number of ether oxygens (including phenoxy) is 1. The number of nitrogens with zero attached hydrogens (tertiary/aromatic N) is 1. The second-order valence-electron chi connectivity index (χ2n) is 4.27. The van der Waals surface area contributed by atoms with E-state index in [1.807, 2.05) is 11.9 Å². The molecule has 1 aliphatic heterocycles. The first-order valence-corrected chi connectivity index (χ1v) is 4.63. The number of rotatable bonds is 3. The van der Waals surface area contributed by atoms with Crippen LogP contribution in [-0.2, 0) is 4.74 Å². The number of nitrogens with two attached hydrogens (primary N) is 1. The van der Waals surface area contributed by atoms with Crippen molar-refractivity contribution in [1.29, 1.82) is 0 Å². The van der Waals surface area contributed by atoms with E-state index in [9.17, 15) is 0 Å². The Hall–Kier alpha value is -0.120. The fraction of sp³-hybridized carbons (Fsp3) is 1.00. The van der Waals surface area contributed by atoms with E-state index in [1.165, 1.54) is 0 Å². The van der Waals surface area contributed by atoms with Gasteiger partial charge in [-0.25, -0.2) is 5.01 Å². The van der Waals surface area contributed by atoms with E-state index in [1.54, 1.807) is 0 Å². The Bertz CT molecular complexity index is 147. The summed E-state index contributed by atoms with van der Waals surface area (Å²) < 4.78 is 5.42. The predicted molar refractivity (Wildman–Crippen MR) is 49.5 cm³/mol. The maximum Gasteiger partial charge on any atom is 0.0512 e. The van der Waals surface area contributed by atoms with Gasteiger partial charge < -0.3 is 4.74 Å². The van der Waals surface area contributed by atoms with Crippen molar-refractivity contribution in [1.82, 2.24) is 5.01 Å². The Morgan fingerprint density at radius 3 is 2.67 bits per heavy atom. The van der Waals surface area contributed by atoms with Gasteiger partial charge in [0, 0.05) is 25.6 Å². The minimum absolute atomic E-state index is 0.309. The molecule has 0 spiro atoms. The Morgan fingerprint density at radius 1 is 1.58 bits per heavy atom. The third-order valence-electron chi connectivity index (χ3n) is 2.69. The second kappa shape index (κ2) is 3.73. The Morgan fingerprint density at radius 2 is 2.25 bits per heavy atom. The van der Waals surface area contributed by atoms with Crippen molar-refractivity contribution in [3.8, 4) is 0 Å². The van der Waals surface area contributed by atoms with Gasteiger partial charge in [-0.1, -0.05) is 13.8 Å². The first-order chi connectivity index (χ1) is 5.56. The monoisotopic (exact) mass is 172 g/mol. The lowest BCUT2D eigenvalue weighted by Crippen LogP contribution is -2.29. The average molecular weight is 172 g/mol. The summed E-state index contributed by atoms with van der Waals surface area (Å²) in [7, 11) is 0. The van der Waals surface area contributed by atoms with Crippen molar-refractivity contribution in [2.24, 2.45) is 17.2 Å². The van der Waals surface area contributed by atoms with Crippen LogP contribution in [0.2, 0.25) is 0 Å². The molecule has 3 nitrogen and oxygen atoms in total. The summed E-state index contributed by atoms with van der Waals surface area (Å²) in [6, 6.07) is 0. The normalized spacial score (nSPS) is 29.5. The third-order valence-corrected chi connectivity index (χ3v) is 2.69. The van der Waals surface area contributed by atoms with E-state index >= 15 is 0 Å². The molecule has 0 aromatic carbocycles. The molecule has 0 radical (unpaired) electrons. The van der Waals surface area contributed by atoms with Crippen LogP contribution in [0.25, 0.3) is 0 Å². The lowest BCUT2D eigenvalue weighted by atomic mass is 9.83. The zero-order chi connectivity index (χ0) is 9.19. The molecule has 72 valence electrons. The SMILES string of the molecule is CCOCC1CN(N)CC1(C)C. The molecule has 0 aromatic rings. The second-order valence-corrected chi connectivity index (χ2v) is 4.27. The van der Waals surface area contributed by atoms with Gasteiger partial charge in [-0.2, -0.15) is 0 Å². The van der Waals surface area contributed by atoms with Gasteiger partial charge in [0.1, 0.15) is 0 Å². The lowest BCUT2D eigenvalue weighted by molar-refractivity contribution is 0.0797. The van der Waals surface area contributed by atoms with Crippen LogP contribution in [-0.4, -0.2) is 31.3 Å². The smallest absolute Gasteiger partial charge is 0.0512 e. The summed E-state index contributed by atoms with van der Waals surface area (Å²) in [5.74, 6) is 6.34. The highest BCUT2D eigenvalue weighted by atomic mass is 16.5. The fourth-order valence-electron chi connectivity index (χ4n) is 1.79. The van der Waals surface area contributed by atoms with E-state index in [0.29, 0.717) is 11.3 Å². The van der Waals surface area contributed by atoms with Crippen LogP contribution in [0.5, 0.6) is 0 Å². The number of hydrogen-bond donors (Lipinski definition) is 1. The zero-order valence-electron chi connectivity index (χ0n) is 8.34. The third kappa shape index (κ3) is 2.19. The molecule has 1 fully saturated rings. The van der Waals surface area contributed by atoms with Crippen molar-refractivity contribution >= 4 is 0 Å². The van der Waals surface area contributed by atoms with Crippen molar-refractivity contribution in [2.75, 3.05) is 26.3 Å². The first-order valence-electron chi connectivity index (χ1n) is 4.63. The summed E-state index contributed by atoms with van der Waals surface area (Å²) >= 11 is 0. The molecular formula is C9H20N2O. The van der Waals surface area contributed by atoms with E-state index in [4.69, 9.17) is 10.6 Å². The van der Waals surface area contributed by atoms with Crippen LogP contribution in [0.15, 0.2) is 0 Å². The van der Waals surface area contributed by atoms with Crippen LogP contribution in [0.3, 0.4) is 0 Å². The highest BCUT2D eigenvalue weighted by molar-refractivity contribution is 4.88. The molecule has 12 heavy (non-hydrogen) atoms. The fourth-order valence-corrected chi connectivity index (χ4v) is 1.79. The standard InChI is InChI=1S/C9H20N2O/c1-4-12-6-8-5-11(10)7-9(8,2)3/h8H,4-7,10H2,1-3H3. The van der Waals surface area contributed by atoms with Gasteiger partial charge in [-0.05, 0) is 12.3 Å². The molecule has 2 N–H and O–H groups in total. The molecule has 0 amide bonds.